The van der Waals surface area contributed by atoms with Gasteiger partial charge in [-0.05, 0) is 29.7 Å². The van der Waals surface area contributed by atoms with E-state index < -0.39 is 0 Å². The number of hydrogen-bond acceptors (Lipinski definition) is 1. The average molecular weight is 276 g/mol. The highest BCUT2D eigenvalue weighted by Crippen LogP contribution is 2.19. The SMILES string of the molecule is OCc1ccc(Cl)c(C=CCCBr)c1. The van der Waals surface area contributed by atoms with E-state index in [1.807, 2.05) is 18.2 Å². The molecular weight excluding hydrogens is 263 g/mol. The van der Waals surface area contributed by atoms with E-state index in [1.54, 1.807) is 6.07 Å². The molecule has 3 heteroatoms. The zero-order chi connectivity index (χ0) is 10.4. The van der Waals surface area contributed by atoms with Gasteiger partial charge in [-0.15, -0.1) is 0 Å². The molecule has 0 aliphatic rings. The first-order chi connectivity index (χ1) is 6.77. The molecule has 0 unspecified atom stereocenters. The van der Waals surface area contributed by atoms with Gasteiger partial charge < -0.3 is 5.11 Å². The highest BCUT2D eigenvalue weighted by Gasteiger charge is 1.97. The molecule has 1 rings (SSSR count). The highest BCUT2D eigenvalue weighted by atomic mass is 79.9. The van der Waals surface area contributed by atoms with E-state index in [0.717, 1.165) is 22.9 Å². The summed E-state index contributed by atoms with van der Waals surface area (Å²) in [6.45, 7) is 0.0520. The predicted octanol–water partition coefficient (Wildman–Crippen LogP) is 3.63. The van der Waals surface area contributed by atoms with Gasteiger partial charge >= 0.3 is 0 Å². The first-order valence-electron chi connectivity index (χ1n) is 4.39. The summed E-state index contributed by atoms with van der Waals surface area (Å²) < 4.78 is 0. The average Bonchev–Trinajstić information content (AvgIpc) is 2.21. The maximum Gasteiger partial charge on any atom is 0.0682 e. The van der Waals surface area contributed by atoms with Crippen molar-refractivity contribution >= 4 is 33.6 Å². The Kier molecular flexibility index (Phi) is 5.23. The second-order valence-corrected chi connectivity index (χ2v) is 4.09. The van der Waals surface area contributed by atoms with Crippen LogP contribution in [0.3, 0.4) is 0 Å². The van der Waals surface area contributed by atoms with E-state index in [1.165, 1.54) is 0 Å². The second-order valence-electron chi connectivity index (χ2n) is 2.89. The summed E-state index contributed by atoms with van der Waals surface area (Å²) in [4.78, 5) is 0. The van der Waals surface area contributed by atoms with E-state index in [4.69, 9.17) is 16.7 Å². The molecule has 0 radical (unpaired) electrons. The lowest BCUT2D eigenvalue weighted by molar-refractivity contribution is 0.282. The Balaban J connectivity index is 2.83. The maximum absolute atomic E-state index is 8.95. The van der Waals surface area contributed by atoms with Gasteiger partial charge in [-0.25, -0.2) is 0 Å². The number of alkyl halides is 1. The first-order valence-corrected chi connectivity index (χ1v) is 5.89. The van der Waals surface area contributed by atoms with Gasteiger partial charge in [0.25, 0.3) is 0 Å². The molecule has 0 spiro atoms. The van der Waals surface area contributed by atoms with Crippen molar-refractivity contribution in [2.75, 3.05) is 5.33 Å². The Bertz CT molecular complexity index is 323. The van der Waals surface area contributed by atoms with E-state index in [9.17, 15) is 0 Å². The van der Waals surface area contributed by atoms with Gasteiger partial charge in [-0.2, -0.15) is 0 Å². The lowest BCUT2D eigenvalue weighted by Crippen LogP contribution is -1.84. The van der Waals surface area contributed by atoms with Gasteiger partial charge in [-0.1, -0.05) is 45.7 Å². The minimum absolute atomic E-state index is 0.0520. The van der Waals surface area contributed by atoms with Gasteiger partial charge in [0.1, 0.15) is 0 Å². The number of aliphatic hydroxyl groups is 1. The third kappa shape index (κ3) is 3.45. The molecule has 1 aromatic carbocycles. The molecule has 0 aliphatic heterocycles. The van der Waals surface area contributed by atoms with E-state index in [0.29, 0.717) is 5.02 Å². The number of halogens is 2. The van der Waals surface area contributed by atoms with Crippen LogP contribution >= 0.6 is 27.5 Å². The topological polar surface area (TPSA) is 20.2 Å². The first kappa shape index (κ1) is 11.8. The van der Waals surface area contributed by atoms with Crippen LogP contribution in [0.1, 0.15) is 17.5 Å². The summed E-state index contributed by atoms with van der Waals surface area (Å²) in [7, 11) is 0. The van der Waals surface area contributed by atoms with E-state index in [-0.39, 0.29) is 6.61 Å². The van der Waals surface area contributed by atoms with Crippen molar-refractivity contribution in [2.45, 2.75) is 13.0 Å². The fraction of sp³-hybridized carbons (Fsp3) is 0.273. The molecule has 1 N–H and O–H groups in total. The molecule has 0 heterocycles. The number of allylic oxidation sites excluding steroid dienone is 1. The molecule has 0 saturated carbocycles. The molecular formula is C11H12BrClO. The molecule has 0 amide bonds. The van der Waals surface area contributed by atoms with Gasteiger partial charge in [0.2, 0.25) is 0 Å². The quantitative estimate of drug-likeness (QED) is 0.832. The van der Waals surface area contributed by atoms with Gasteiger partial charge in [0.05, 0.1) is 6.61 Å². The molecule has 0 aromatic heterocycles. The molecule has 0 bridgehead atoms. The van der Waals surface area contributed by atoms with E-state index >= 15 is 0 Å². The van der Waals surface area contributed by atoms with Crippen LogP contribution in [0.5, 0.6) is 0 Å². The van der Waals surface area contributed by atoms with Crippen molar-refractivity contribution < 1.29 is 5.11 Å². The summed E-state index contributed by atoms with van der Waals surface area (Å²) in [6.07, 6.45) is 5.00. The Morgan fingerprint density at radius 3 is 2.86 bits per heavy atom. The zero-order valence-corrected chi connectivity index (χ0v) is 10.1. The molecule has 1 nitrogen and oxygen atoms in total. The highest BCUT2D eigenvalue weighted by molar-refractivity contribution is 9.09. The number of rotatable bonds is 4. The largest absolute Gasteiger partial charge is 0.392 e. The minimum atomic E-state index is 0.0520. The summed E-state index contributed by atoms with van der Waals surface area (Å²) >= 11 is 9.33. The van der Waals surface area contributed by atoms with Crippen LogP contribution in [0.15, 0.2) is 24.3 Å². The maximum atomic E-state index is 8.95. The minimum Gasteiger partial charge on any atom is -0.392 e. The number of hydrogen-bond donors (Lipinski definition) is 1. The van der Waals surface area contributed by atoms with Crippen molar-refractivity contribution in [1.29, 1.82) is 0 Å². The van der Waals surface area contributed by atoms with Gasteiger partial charge in [-0.3, -0.25) is 0 Å². The van der Waals surface area contributed by atoms with Crippen LogP contribution in [0.4, 0.5) is 0 Å². The van der Waals surface area contributed by atoms with E-state index in [2.05, 4.69) is 22.0 Å². The van der Waals surface area contributed by atoms with Crippen molar-refractivity contribution in [3.8, 4) is 0 Å². The lowest BCUT2D eigenvalue weighted by Gasteiger charge is -2.01. The van der Waals surface area contributed by atoms with Gasteiger partial charge in [0.15, 0.2) is 0 Å². The van der Waals surface area contributed by atoms with Crippen molar-refractivity contribution in [1.82, 2.24) is 0 Å². The Labute approximate surface area is 97.5 Å². The van der Waals surface area contributed by atoms with Crippen LogP contribution in [0.2, 0.25) is 5.02 Å². The fourth-order valence-electron chi connectivity index (χ4n) is 1.09. The Morgan fingerprint density at radius 2 is 2.21 bits per heavy atom. The normalized spacial score (nSPS) is 11.1. The lowest BCUT2D eigenvalue weighted by atomic mass is 10.1. The monoisotopic (exact) mass is 274 g/mol. The van der Waals surface area contributed by atoms with Crippen molar-refractivity contribution in [2.24, 2.45) is 0 Å². The standard InChI is InChI=1S/C11H12BrClO/c12-6-2-1-3-10-7-9(8-14)4-5-11(10)13/h1,3-5,7,14H,2,6,8H2. The molecule has 14 heavy (non-hydrogen) atoms. The third-order valence-corrected chi connectivity index (χ3v) is 2.62. The van der Waals surface area contributed by atoms with Crippen molar-refractivity contribution in [3.05, 3.63) is 40.4 Å². The summed E-state index contributed by atoms with van der Waals surface area (Å²) in [5, 5.41) is 10.6. The molecule has 1 aromatic rings. The summed E-state index contributed by atoms with van der Waals surface area (Å²) in [6, 6.07) is 5.53. The molecule has 0 fully saturated rings. The van der Waals surface area contributed by atoms with Crippen LogP contribution in [0.25, 0.3) is 6.08 Å². The van der Waals surface area contributed by atoms with Crippen molar-refractivity contribution in [3.63, 3.8) is 0 Å². The summed E-state index contributed by atoms with van der Waals surface area (Å²) in [5.41, 5.74) is 1.84. The van der Waals surface area contributed by atoms with Crippen LogP contribution in [0, 0.1) is 0 Å². The molecule has 0 atom stereocenters. The smallest absolute Gasteiger partial charge is 0.0682 e. The van der Waals surface area contributed by atoms with Crippen LogP contribution in [-0.4, -0.2) is 10.4 Å². The molecule has 0 saturated heterocycles. The predicted molar refractivity (Wildman–Crippen MR) is 64.8 cm³/mol. The fourth-order valence-corrected chi connectivity index (χ4v) is 1.54. The Hall–Kier alpha value is -0.310. The zero-order valence-electron chi connectivity index (χ0n) is 7.71. The molecule has 76 valence electrons. The van der Waals surface area contributed by atoms with Crippen LogP contribution in [-0.2, 0) is 6.61 Å². The van der Waals surface area contributed by atoms with Gasteiger partial charge in [0, 0.05) is 10.4 Å². The Morgan fingerprint density at radius 1 is 1.43 bits per heavy atom. The number of aliphatic hydroxyl groups excluding tert-OH is 1. The number of benzene rings is 1. The summed E-state index contributed by atoms with van der Waals surface area (Å²) in [5.74, 6) is 0. The third-order valence-electron chi connectivity index (χ3n) is 1.82. The second kappa shape index (κ2) is 6.23. The molecule has 0 aliphatic carbocycles. The van der Waals surface area contributed by atoms with Crippen LogP contribution < -0.4 is 0 Å².